The number of pyridine rings is 1. The molecule has 112 valence electrons. The van der Waals surface area contributed by atoms with E-state index in [4.69, 9.17) is 17.3 Å². The number of hydrogen-bond donors (Lipinski definition) is 2. The maximum absolute atomic E-state index is 12.2. The minimum Gasteiger partial charge on any atom is -0.349 e. The van der Waals surface area contributed by atoms with Crippen molar-refractivity contribution < 1.29 is 4.79 Å². The molecule has 4 nitrogen and oxygen atoms in total. The van der Waals surface area contributed by atoms with E-state index in [1.807, 2.05) is 26.0 Å². The molecule has 21 heavy (non-hydrogen) atoms. The van der Waals surface area contributed by atoms with Gasteiger partial charge >= 0.3 is 0 Å². The largest absolute Gasteiger partial charge is 0.349 e. The molecule has 1 amide bonds. The summed E-state index contributed by atoms with van der Waals surface area (Å²) in [6.45, 7) is 4.48. The molecule has 3 N–H and O–H groups in total. The molecule has 5 heteroatoms. The molecule has 0 aliphatic carbocycles. The van der Waals surface area contributed by atoms with Crippen molar-refractivity contribution in [3.63, 3.8) is 0 Å². The van der Waals surface area contributed by atoms with E-state index in [2.05, 4.69) is 10.3 Å². The number of fused-ring (bicyclic) bond motifs is 1. The highest BCUT2D eigenvalue weighted by Crippen LogP contribution is 2.18. The topological polar surface area (TPSA) is 68.0 Å². The van der Waals surface area contributed by atoms with Crippen molar-refractivity contribution in [2.75, 3.05) is 6.54 Å². The number of nitrogens with zero attached hydrogens (tertiary/aromatic N) is 1. The average molecular weight is 306 g/mol. The molecule has 1 heterocycles. The molecule has 0 saturated heterocycles. The van der Waals surface area contributed by atoms with Crippen LogP contribution in [0.1, 0.15) is 37.2 Å². The lowest BCUT2D eigenvalue weighted by atomic mass is 9.94. The Morgan fingerprint density at radius 2 is 1.95 bits per heavy atom. The first-order valence-corrected chi connectivity index (χ1v) is 7.48. The number of carbonyl (C=O) groups is 1. The van der Waals surface area contributed by atoms with Crippen LogP contribution in [0.15, 0.2) is 30.3 Å². The van der Waals surface area contributed by atoms with Gasteiger partial charge in [-0.3, -0.25) is 4.79 Å². The lowest BCUT2D eigenvalue weighted by molar-refractivity contribution is 0.0937. The maximum atomic E-state index is 12.2. The molecule has 0 aliphatic rings. The third-order valence-corrected chi connectivity index (χ3v) is 4.13. The number of aromatic nitrogens is 1. The van der Waals surface area contributed by atoms with Crippen molar-refractivity contribution in [2.24, 2.45) is 5.73 Å². The van der Waals surface area contributed by atoms with Crippen molar-refractivity contribution in [3.8, 4) is 0 Å². The summed E-state index contributed by atoms with van der Waals surface area (Å²) in [5.41, 5.74) is 6.90. The van der Waals surface area contributed by atoms with Gasteiger partial charge in [-0.05, 0) is 31.0 Å². The van der Waals surface area contributed by atoms with Crippen molar-refractivity contribution in [1.29, 1.82) is 0 Å². The molecule has 0 atom stereocenters. The van der Waals surface area contributed by atoms with Gasteiger partial charge < -0.3 is 11.1 Å². The molecule has 0 aliphatic heterocycles. The smallest absolute Gasteiger partial charge is 0.269 e. The highest BCUT2D eigenvalue weighted by Gasteiger charge is 2.21. The van der Waals surface area contributed by atoms with Gasteiger partial charge in [-0.1, -0.05) is 37.6 Å². The Morgan fingerprint density at radius 3 is 2.62 bits per heavy atom. The molecule has 0 radical (unpaired) electrons. The number of carbonyl (C=O) groups excluding carboxylic acids is 1. The van der Waals surface area contributed by atoms with Crippen molar-refractivity contribution in [3.05, 3.63) is 41.0 Å². The summed E-state index contributed by atoms with van der Waals surface area (Å²) in [7, 11) is 0. The zero-order valence-corrected chi connectivity index (χ0v) is 13.1. The summed E-state index contributed by atoms with van der Waals surface area (Å²) < 4.78 is 0. The molecule has 0 unspecified atom stereocenters. The monoisotopic (exact) mass is 305 g/mol. The summed E-state index contributed by atoms with van der Waals surface area (Å²) >= 11 is 5.95. The van der Waals surface area contributed by atoms with Gasteiger partial charge in [0.1, 0.15) is 5.69 Å². The molecular weight excluding hydrogens is 286 g/mol. The number of amides is 1. The molecular formula is C16H20ClN3O. The number of halogens is 1. The highest BCUT2D eigenvalue weighted by atomic mass is 35.5. The summed E-state index contributed by atoms with van der Waals surface area (Å²) in [4.78, 5) is 16.5. The van der Waals surface area contributed by atoms with Crippen molar-refractivity contribution >= 4 is 28.4 Å². The SMILES string of the molecule is CCC(N)(CC)CNC(=O)c1ccc2ccc(Cl)cc2n1. The number of nitrogens with two attached hydrogens (primary N) is 1. The van der Waals surface area contributed by atoms with Gasteiger partial charge in [0.25, 0.3) is 5.91 Å². The van der Waals surface area contributed by atoms with Crippen LogP contribution in [0.4, 0.5) is 0 Å². The van der Waals surface area contributed by atoms with E-state index in [9.17, 15) is 4.79 Å². The predicted molar refractivity (Wildman–Crippen MR) is 86.6 cm³/mol. The summed E-state index contributed by atoms with van der Waals surface area (Å²) in [6, 6.07) is 9.01. The van der Waals surface area contributed by atoms with Crippen LogP contribution in [0.3, 0.4) is 0 Å². The highest BCUT2D eigenvalue weighted by molar-refractivity contribution is 6.31. The molecule has 2 rings (SSSR count). The van der Waals surface area contributed by atoms with Gasteiger partial charge in [-0.25, -0.2) is 4.98 Å². The molecule has 0 bridgehead atoms. The third-order valence-electron chi connectivity index (χ3n) is 3.90. The van der Waals surface area contributed by atoms with E-state index in [-0.39, 0.29) is 11.4 Å². The van der Waals surface area contributed by atoms with Crippen molar-refractivity contribution in [2.45, 2.75) is 32.2 Å². The second-order valence-corrected chi connectivity index (χ2v) is 5.72. The zero-order valence-electron chi connectivity index (χ0n) is 12.3. The molecule has 0 saturated carbocycles. The third kappa shape index (κ3) is 3.71. The zero-order chi connectivity index (χ0) is 15.5. The van der Waals surface area contributed by atoms with Crippen LogP contribution >= 0.6 is 11.6 Å². The van der Waals surface area contributed by atoms with Gasteiger partial charge in [0.05, 0.1) is 5.52 Å². The molecule has 1 aromatic heterocycles. The normalized spacial score (nSPS) is 11.6. The van der Waals surface area contributed by atoms with Crippen LogP contribution < -0.4 is 11.1 Å². The van der Waals surface area contributed by atoms with Gasteiger partial charge in [0.15, 0.2) is 0 Å². The van der Waals surface area contributed by atoms with Crippen LogP contribution in [-0.2, 0) is 0 Å². The summed E-state index contributed by atoms with van der Waals surface area (Å²) in [6.07, 6.45) is 1.62. The quantitative estimate of drug-likeness (QED) is 0.891. The first kappa shape index (κ1) is 15.7. The Hall–Kier alpha value is -1.65. The number of hydrogen-bond acceptors (Lipinski definition) is 3. The second-order valence-electron chi connectivity index (χ2n) is 5.29. The standard InChI is InChI=1S/C16H20ClN3O/c1-3-16(18,4-2)10-19-15(21)13-8-6-11-5-7-12(17)9-14(11)20-13/h5-9H,3-4,10,18H2,1-2H3,(H,19,21). The minimum absolute atomic E-state index is 0.214. The Kier molecular flexibility index (Phi) is 4.80. The van der Waals surface area contributed by atoms with Crippen LogP contribution in [0.25, 0.3) is 10.9 Å². The Morgan fingerprint density at radius 1 is 1.29 bits per heavy atom. The number of rotatable bonds is 5. The van der Waals surface area contributed by atoms with Gasteiger partial charge in [-0.15, -0.1) is 0 Å². The predicted octanol–water partition coefficient (Wildman–Crippen LogP) is 3.14. The van der Waals surface area contributed by atoms with Crippen LogP contribution in [0.5, 0.6) is 0 Å². The van der Waals surface area contributed by atoms with E-state index in [0.29, 0.717) is 22.8 Å². The van der Waals surface area contributed by atoms with Crippen molar-refractivity contribution in [1.82, 2.24) is 10.3 Å². The first-order valence-electron chi connectivity index (χ1n) is 7.11. The fraction of sp³-hybridized carbons (Fsp3) is 0.375. The van der Waals surface area contributed by atoms with E-state index < -0.39 is 0 Å². The van der Waals surface area contributed by atoms with E-state index in [1.54, 1.807) is 18.2 Å². The average Bonchev–Trinajstić information content (AvgIpc) is 2.51. The number of nitrogens with one attached hydrogen (secondary N) is 1. The second kappa shape index (κ2) is 6.41. The lowest BCUT2D eigenvalue weighted by Crippen LogP contribution is -2.49. The van der Waals surface area contributed by atoms with Crippen LogP contribution in [0.2, 0.25) is 5.02 Å². The molecule has 0 spiro atoms. The van der Waals surface area contributed by atoms with E-state index in [1.165, 1.54) is 0 Å². The van der Waals surface area contributed by atoms with Crippen LogP contribution in [0, 0.1) is 0 Å². The van der Waals surface area contributed by atoms with E-state index in [0.717, 1.165) is 18.2 Å². The molecule has 0 fully saturated rings. The molecule has 2 aromatic rings. The summed E-state index contributed by atoms with van der Waals surface area (Å²) in [5, 5.41) is 4.41. The van der Waals surface area contributed by atoms with Crippen LogP contribution in [-0.4, -0.2) is 23.0 Å². The fourth-order valence-electron chi connectivity index (χ4n) is 2.06. The Balaban J connectivity index is 2.16. The van der Waals surface area contributed by atoms with E-state index >= 15 is 0 Å². The van der Waals surface area contributed by atoms with Gasteiger partial charge in [0, 0.05) is 22.5 Å². The Bertz CT molecular complexity index is 653. The van der Waals surface area contributed by atoms with Gasteiger partial charge in [-0.2, -0.15) is 0 Å². The minimum atomic E-state index is -0.365. The van der Waals surface area contributed by atoms with Gasteiger partial charge in [0.2, 0.25) is 0 Å². The fourth-order valence-corrected chi connectivity index (χ4v) is 2.23. The Labute approximate surface area is 129 Å². The first-order chi connectivity index (χ1) is 9.97. The molecule has 1 aromatic carbocycles. The lowest BCUT2D eigenvalue weighted by Gasteiger charge is -2.26. The summed E-state index contributed by atoms with van der Waals surface area (Å²) in [5.74, 6) is -0.214. The number of benzene rings is 1. The maximum Gasteiger partial charge on any atom is 0.269 e.